The monoisotopic (exact) mass is 450 g/mol. The predicted molar refractivity (Wildman–Crippen MR) is 116 cm³/mol. The molecule has 1 fully saturated rings. The average Bonchev–Trinajstić information content (AvgIpc) is 2.88. The summed E-state index contributed by atoms with van der Waals surface area (Å²) in [6.07, 6.45) is 3.63. The molecule has 1 saturated carbocycles. The first-order valence-electron chi connectivity index (χ1n) is 9.58. The Morgan fingerprint density at radius 3 is 2.24 bits per heavy atom. The van der Waals surface area contributed by atoms with E-state index in [4.69, 9.17) is 9.47 Å². The van der Waals surface area contributed by atoms with Crippen LogP contribution in [0.25, 0.3) is 0 Å². The van der Waals surface area contributed by atoms with Crippen LogP contribution in [0.2, 0.25) is 0 Å². The van der Waals surface area contributed by atoms with Gasteiger partial charge in [0.05, 0.1) is 16.8 Å². The summed E-state index contributed by atoms with van der Waals surface area (Å²) in [5, 5.41) is 16.8. The maximum Gasteiger partial charge on any atom is 0.407 e. The third kappa shape index (κ3) is 7.57. The molecule has 3 N–H and O–H groups in total. The fourth-order valence-corrected chi connectivity index (χ4v) is 5.68. The molecule has 0 aromatic heterocycles. The number of nitrogens with one attached hydrogen (secondary N) is 2. The van der Waals surface area contributed by atoms with Crippen LogP contribution < -0.4 is 10.6 Å². The van der Waals surface area contributed by atoms with E-state index in [-0.39, 0.29) is 29.9 Å². The Morgan fingerprint density at radius 1 is 1.21 bits per heavy atom. The Balaban J connectivity index is 3.21. The number of ether oxygens (including phenoxy) is 2. The van der Waals surface area contributed by atoms with Crippen LogP contribution in [0.3, 0.4) is 0 Å². The van der Waals surface area contributed by atoms with Crippen LogP contribution in [-0.2, 0) is 19.1 Å². The lowest BCUT2D eigenvalue weighted by Gasteiger charge is -2.31. The number of amides is 2. The van der Waals surface area contributed by atoms with Gasteiger partial charge in [-0.25, -0.2) is 9.59 Å². The number of esters is 1. The first-order chi connectivity index (χ1) is 13.4. The van der Waals surface area contributed by atoms with E-state index in [1.165, 1.54) is 30.4 Å². The zero-order valence-corrected chi connectivity index (χ0v) is 19.9. The number of carbonyl (C=O) groups excluding carboxylic acids is 3. The van der Waals surface area contributed by atoms with Gasteiger partial charge in [0.1, 0.15) is 11.6 Å². The SMILES string of the molecule is CCOC(=O)C(NC(C)=O)C1C[C@@](O)(C(SC)SC)CC1NC(=O)OC(C)(C)C. The van der Waals surface area contributed by atoms with Gasteiger partial charge in [-0.15, -0.1) is 23.5 Å². The molecular weight excluding hydrogens is 416 g/mol. The number of hydrogen-bond acceptors (Lipinski definition) is 8. The van der Waals surface area contributed by atoms with Gasteiger partial charge in [0.15, 0.2) is 0 Å². The molecule has 0 saturated heterocycles. The Bertz CT molecular complexity index is 594. The van der Waals surface area contributed by atoms with E-state index >= 15 is 0 Å². The van der Waals surface area contributed by atoms with Crippen molar-refractivity contribution in [3.8, 4) is 0 Å². The Kier molecular flexibility index (Phi) is 9.62. The van der Waals surface area contributed by atoms with Crippen molar-refractivity contribution in [1.29, 1.82) is 0 Å². The van der Waals surface area contributed by atoms with Crippen LogP contribution in [0.1, 0.15) is 47.5 Å². The van der Waals surface area contributed by atoms with E-state index in [2.05, 4.69) is 10.6 Å². The lowest BCUT2D eigenvalue weighted by molar-refractivity contribution is -0.149. The molecule has 4 atom stereocenters. The number of aliphatic hydroxyl groups is 1. The van der Waals surface area contributed by atoms with Gasteiger partial charge in [-0.2, -0.15) is 0 Å². The molecule has 0 spiro atoms. The standard InChI is InChI=1S/C19H34N2O6S2/c1-8-26-15(23)14(20-11(2)22)12-9-19(25,16(28-6)29-7)10-13(12)21-17(24)27-18(3,4)5/h12-14,16,25H,8-10H2,1-7H3,(H,20,22)(H,21,24)/t12?,13?,14?,19-/m0/s1. The maximum atomic E-state index is 12.6. The lowest BCUT2D eigenvalue weighted by atomic mass is 9.93. The minimum absolute atomic E-state index is 0.157. The molecular formula is C19H34N2O6S2. The van der Waals surface area contributed by atoms with E-state index < -0.39 is 41.3 Å². The first kappa shape index (κ1) is 25.9. The molecule has 10 heteroatoms. The van der Waals surface area contributed by atoms with Gasteiger partial charge in [-0.1, -0.05) is 0 Å². The van der Waals surface area contributed by atoms with Crippen LogP contribution in [0.15, 0.2) is 0 Å². The molecule has 1 rings (SSSR count). The van der Waals surface area contributed by atoms with Crippen LogP contribution in [-0.4, -0.2) is 70.1 Å². The van der Waals surface area contributed by atoms with Gasteiger partial charge in [0.2, 0.25) is 5.91 Å². The molecule has 168 valence electrons. The largest absolute Gasteiger partial charge is 0.464 e. The van der Waals surface area contributed by atoms with Gasteiger partial charge in [0, 0.05) is 18.9 Å². The zero-order chi connectivity index (χ0) is 22.4. The zero-order valence-electron chi connectivity index (χ0n) is 18.2. The van der Waals surface area contributed by atoms with Gasteiger partial charge >= 0.3 is 12.1 Å². The summed E-state index contributed by atoms with van der Waals surface area (Å²) >= 11 is 3.02. The molecule has 29 heavy (non-hydrogen) atoms. The quantitative estimate of drug-likeness (QED) is 0.381. The predicted octanol–water partition coefficient (Wildman–Crippen LogP) is 2.14. The smallest absolute Gasteiger partial charge is 0.407 e. The molecule has 8 nitrogen and oxygen atoms in total. The van der Waals surface area contributed by atoms with Crippen LogP contribution in [0.5, 0.6) is 0 Å². The summed E-state index contributed by atoms with van der Waals surface area (Å²) in [7, 11) is 0. The second-order valence-electron chi connectivity index (χ2n) is 8.16. The molecule has 0 aromatic rings. The Morgan fingerprint density at radius 2 is 1.79 bits per heavy atom. The molecule has 0 radical (unpaired) electrons. The highest BCUT2D eigenvalue weighted by Gasteiger charge is 2.53. The minimum Gasteiger partial charge on any atom is -0.464 e. The third-order valence-electron chi connectivity index (χ3n) is 4.58. The molecule has 3 unspecified atom stereocenters. The van der Waals surface area contributed by atoms with Crippen molar-refractivity contribution in [1.82, 2.24) is 10.6 Å². The molecule has 0 aliphatic heterocycles. The van der Waals surface area contributed by atoms with E-state index in [1.54, 1.807) is 27.7 Å². The van der Waals surface area contributed by atoms with E-state index in [0.717, 1.165) is 0 Å². The van der Waals surface area contributed by atoms with Crippen molar-refractivity contribution in [2.45, 2.75) is 75.3 Å². The van der Waals surface area contributed by atoms with Crippen LogP contribution in [0, 0.1) is 5.92 Å². The fraction of sp³-hybridized carbons (Fsp3) is 0.842. The van der Waals surface area contributed by atoms with Crippen molar-refractivity contribution in [3.05, 3.63) is 0 Å². The highest BCUT2D eigenvalue weighted by molar-refractivity contribution is 8.16. The number of thioether (sulfide) groups is 2. The van der Waals surface area contributed by atoms with Crippen LogP contribution in [0.4, 0.5) is 4.79 Å². The number of carbonyl (C=O) groups is 3. The van der Waals surface area contributed by atoms with E-state index in [1.807, 2.05) is 12.5 Å². The fourth-order valence-electron chi connectivity index (χ4n) is 3.65. The van der Waals surface area contributed by atoms with Gasteiger partial charge in [0.25, 0.3) is 0 Å². The van der Waals surface area contributed by atoms with E-state index in [9.17, 15) is 19.5 Å². The third-order valence-corrected chi connectivity index (χ3v) is 7.46. The number of rotatable bonds is 8. The summed E-state index contributed by atoms with van der Waals surface area (Å²) < 4.78 is 10.3. The van der Waals surface area contributed by atoms with Crippen molar-refractivity contribution in [3.63, 3.8) is 0 Å². The summed E-state index contributed by atoms with van der Waals surface area (Å²) in [5.41, 5.74) is -1.82. The first-order valence-corrected chi connectivity index (χ1v) is 12.2. The molecule has 1 aliphatic carbocycles. The topological polar surface area (TPSA) is 114 Å². The summed E-state index contributed by atoms with van der Waals surface area (Å²) in [6.45, 7) is 8.42. The second-order valence-corrected chi connectivity index (χ2v) is 10.3. The van der Waals surface area contributed by atoms with Crippen molar-refractivity contribution >= 4 is 41.5 Å². The number of hydrogen-bond donors (Lipinski definition) is 3. The molecule has 0 heterocycles. The highest BCUT2D eigenvalue weighted by atomic mass is 32.2. The summed E-state index contributed by atoms with van der Waals surface area (Å²) in [6, 6.07) is -1.55. The molecule has 2 amide bonds. The minimum atomic E-state index is -1.13. The van der Waals surface area contributed by atoms with Crippen LogP contribution >= 0.6 is 23.5 Å². The molecule has 0 aromatic carbocycles. The summed E-state index contributed by atoms with van der Waals surface area (Å²) in [4.78, 5) is 36.7. The maximum absolute atomic E-state index is 12.6. The molecule has 0 bridgehead atoms. The highest BCUT2D eigenvalue weighted by Crippen LogP contribution is 2.45. The summed E-state index contributed by atoms with van der Waals surface area (Å²) in [5.74, 6) is -1.52. The van der Waals surface area contributed by atoms with Crippen molar-refractivity contribution in [2.75, 3.05) is 19.1 Å². The number of alkyl carbamates (subject to hydrolysis) is 1. The Labute approximate surface area is 181 Å². The van der Waals surface area contributed by atoms with Gasteiger partial charge < -0.3 is 25.2 Å². The lowest BCUT2D eigenvalue weighted by Crippen LogP contribution is -2.52. The second kappa shape index (κ2) is 10.8. The Hall–Kier alpha value is -1.13. The van der Waals surface area contributed by atoms with Crippen molar-refractivity contribution < 1.29 is 29.0 Å². The molecule has 1 aliphatic rings. The van der Waals surface area contributed by atoms with Gasteiger partial charge in [-0.3, -0.25) is 4.79 Å². The average molecular weight is 451 g/mol. The normalized spacial score (nSPS) is 25.4. The van der Waals surface area contributed by atoms with Crippen molar-refractivity contribution in [2.24, 2.45) is 5.92 Å². The van der Waals surface area contributed by atoms with Gasteiger partial charge in [-0.05, 0) is 53.0 Å². The van der Waals surface area contributed by atoms with E-state index in [0.29, 0.717) is 0 Å².